The largest absolute Gasteiger partial charge is 0.305 e. The van der Waals surface area contributed by atoms with E-state index in [1.165, 1.54) is 22.9 Å². The molecule has 1 heterocycles. The summed E-state index contributed by atoms with van der Waals surface area (Å²) in [5.74, 6) is 0.567. The summed E-state index contributed by atoms with van der Waals surface area (Å²) in [4.78, 5) is 0. The van der Waals surface area contributed by atoms with Crippen LogP contribution in [-0.4, -0.2) is 15.3 Å². The van der Waals surface area contributed by atoms with E-state index in [1.807, 2.05) is 6.20 Å². The third-order valence-corrected chi connectivity index (χ3v) is 3.51. The molecule has 0 aliphatic rings. The third kappa shape index (κ3) is 2.94. The summed E-state index contributed by atoms with van der Waals surface area (Å²) < 4.78 is 8.42. The summed E-state index contributed by atoms with van der Waals surface area (Å²) in [5.41, 5.74) is 3.61. The standard InChI is InChI=1S/C14H19N3S/c1-4-15-14(13-9-16-18-17-13)12-7-5-11(6-8-12)10(2)3/h5-10,14-15H,4H2,1-3H3. The van der Waals surface area contributed by atoms with Gasteiger partial charge in [-0.2, -0.15) is 8.75 Å². The van der Waals surface area contributed by atoms with Crippen LogP contribution in [0, 0.1) is 0 Å². The summed E-state index contributed by atoms with van der Waals surface area (Å²) in [7, 11) is 0. The lowest BCUT2D eigenvalue weighted by atomic mass is 9.98. The lowest BCUT2D eigenvalue weighted by Crippen LogP contribution is -2.22. The molecule has 96 valence electrons. The first-order valence-electron chi connectivity index (χ1n) is 6.33. The van der Waals surface area contributed by atoms with Crippen molar-refractivity contribution in [2.24, 2.45) is 0 Å². The van der Waals surface area contributed by atoms with Gasteiger partial charge in [0.05, 0.1) is 29.7 Å². The Morgan fingerprint density at radius 3 is 2.33 bits per heavy atom. The van der Waals surface area contributed by atoms with E-state index < -0.39 is 0 Å². The van der Waals surface area contributed by atoms with Gasteiger partial charge in [-0.25, -0.2) is 0 Å². The summed E-state index contributed by atoms with van der Waals surface area (Å²) >= 11 is 1.26. The second-order valence-corrected chi connectivity index (χ2v) is 5.20. The van der Waals surface area contributed by atoms with Gasteiger partial charge >= 0.3 is 0 Å². The van der Waals surface area contributed by atoms with Gasteiger partial charge in [0.25, 0.3) is 0 Å². The second kappa shape index (κ2) is 6.07. The molecule has 1 aromatic heterocycles. The van der Waals surface area contributed by atoms with Crippen LogP contribution in [0.4, 0.5) is 0 Å². The zero-order valence-corrected chi connectivity index (χ0v) is 11.9. The Balaban J connectivity index is 2.26. The van der Waals surface area contributed by atoms with Crippen LogP contribution in [0.25, 0.3) is 0 Å². The molecular formula is C14H19N3S. The Kier molecular flexibility index (Phi) is 4.44. The minimum absolute atomic E-state index is 0.148. The number of rotatable bonds is 5. The maximum Gasteiger partial charge on any atom is 0.0957 e. The van der Waals surface area contributed by atoms with E-state index in [2.05, 4.69) is 59.1 Å². The molecule has 0 spiro atoms. The first-order valence-corrected chi connectivity index (χ1v) is 7.06. The van der Waals surface area contributed by atoms with Crippen LogP contribution in [0.3, 0.4) is 0 Å². The van der Waals surface area contributed by atoms with Crippen LogP contribution in [0.1, 0.15) is 49.6 Å². The second-order valence-electron chi connectivity index (χ2n) is 4.64. The first-order chi connectivity index (χ1) is 8.72. The molecule has 1 aromatic carbocycles. The number of hydrogen-bond donors (Lipinski definition) is 1. The number of hydrogen-bond acceptors (Lipinski definition) is 4. The SMILES string of the molecule is CCNC(c1ccc(C(C)C)cc1)c1cnsn1. The van der Waals surface area contributed by atoms with E-state index in [1.54, 1.807) is 0 Å². The molecule has 1 unspecified atom stereocenters. The van der Waals surface area contributed by atoms with Gasteiger partial charge in [0.1, 0.15) is 0 Å². The molecule has 0 aliphatic heterocycles. The zero-order valence-electron chi connectivity index (χ0n) is 11.1. The molecular weight excluding hydrogens is 242 g/mol. The highest BCUT2D eigenvalue weighted by molar-refractivity contribution is 6.99. The molecule has 0 aliphatic carbocycles. The average molecular weight is 261 g/mol. The molecule has 1 atom stereocenters. The summed E-state index contributed by atoms with van der Waals surface area (Å²) in [6.45, 7) is 7.44. The van der Waals surface area contributed by atoms with E-state index in [-0.39, 0.29) is 6.04 Å². The van der Waals surface area contributed by atoms with Crippen LogP contribution in [0.2, 0.25) is 0 Å². The van der Waals surface area contributed by atoms with Crippen molar-refractivity contribution in [1.82, 2.24) is 14.1 Å². The smallest absolute Gasteiger partial charge is 0.0957 e. The molecule has 0 fully saturated rings. The molecule has 18 heavy (non-hydrogen) atoms. The van der Waals surface area contributed by atoms with Crippen molar-refractivity contribution >= 4 is 11.7 Å². The minimum Gasteiger partial charge on any atom is -0.305 e. The Hall–Kier alpha value is -1.26. The predicted molar refractivity (Wildman–Crippen MR) is 76.0 cm³/mol. The summed E-state index contributed by atoms with van der Waals surface area (Å²) in [6.07, 6.45) is 1.84. The van der Waals surface area contributed by atoms with Crippen molar-refractivity contribution in [3.63, 3.8) is 0 Å². The zero-order chi connectivity index (χ0) is 13.0. The summed E-state index contributed by atoms with van der Waals surface area (Å²) in [6, 6.07) is 8.91. The lowest BCUT2D eigenvalue weighted by Gasteiger charge is -2.16. The summed E-state index contributed by atoms with van der Waals surface area (Å²) in [5, 5.41) is 3.45. The highest BCUT2D eigenvalue weighted by Crippen LogP contribution is 2.23. The van der Waals surface area contributed by atoms with Crippen LogP contribution in [0.5, 0.6) is 0 Å². The molecule has 0 amide bonds. The van der Waals surface area contributed by atoms with Crippen molar-refractivity contribution < 1.29 is 0 Å². The van der Waals surface area contributed by atoms with Gasteiger partial charge in [-0.3, -0.25) is 0 Å². The fourth-order valence-corrected chi connectivity index (χ4v) is 2.42. The maximum absolute atomic E-state index is 4.34. The monoisotopic (exact) mass is 261 g/mol. The van der Waals surface area contributed by atoms with Gasteiger partial charge in [-0.1, -0.05) is 45.0 Å². The number of benzene rings is 1. The molecule has 1 N–H and O–H groups in total. The Morgan fingerprint density at radius 1 is 1.17 bits per heavy atom. The quantitative estimate of drug-likeness (QED) is 0.897. The molecule has 0 bridgehead atoms. The highest BCUT2D eigenvalue weighted by atomic mass is 32.1. The molecule has 0 saturated heterocycles. The van der Waals surface area contributed by atoms with Gasteiger partial charge in [-0.05, 0) is 23.6 Å². The van der Waals surface area contributed by atoms with Crippen molar-refractivity contribution in [3.05, 3.63) is 47.3 Å². The van der Waals surface area contributed by atoms with Crippen LogP contribution in [0.15, 0.2) is 30.5 Å². The van der Waals surface area contributed by atoms with Gasteiger partial charge in [-0.15, -0.1) is 0 Å². The van der Waals surface area contributed by atoms with Crippen LogP contribution in [-0.2, 0) is 0 Å². The fraction of sp³-hybridized carbons (Fsp3) is 0.429. The van der Waals surface area contributed by atoms with Gasteiger partial charge < -0.3 is 5.32 Å². The van der Waals surface area contributed by atoms with Gasteiger partial charge in [0, 0.05) is 0 Å². The van der Waals surface area contributed by atoms with E-state index >= 15 is 0 Å². The fourth-order valence-electron chi connectivity index (χ4n) is 1.97. The molecule has 4 heteroatoms. The Labute approximate surface area is 113 Å². The number of aromatic nitrogens is 2. The Morgan fingerprint density at radius 2 is 1.83 bits per heavy atom. The predicted octanol–water partition coefficient (Wildman–Crippen LogP) is 3.36. The minimum atomic E-state index is 0.148. The van der Waals surface area contributed by atoms with Crippen molar-refractivity contribution in [2.45, 2.75) is 32.7 Å². The lowest BCUT2D eigenvalue weighted by molar-refractivity contribution is 0.619. The van der Waals surface area contributed by atoms with Crippen molar-refractivity contribution in [1.29, 1.82) is 0 Å². The Bertz CT molecular complexity index is 462. The molecule has 2 rings (SSSR count). The number of nitrogens with zero attached hydrogens (tertiary/aromatic N) is 2. The topological polar surface area (TPSA) is 37.8 Å². The van der Waals surface area contributed by atoms with Gasteiger partial charge in [0.2, 0.25) is 0 Å². The third-order valence-electron chi connectivity index (χ3n) is 3.02. The highest BCUT2D eigenvalue weighted by Gasteiger charge is 2.15. The first kappa shape index (κ1) is 13.2. The van der Waals surface area contributed by atoms with Crippen molar-refractivity contribution in [2.75, 3.05) is 6.54 Å². The van der Waals surface area contributed by atoms with E-state index in [9.17, 15) is 0 Å². The number of nitrogens with one attached hydrogen (secondary N) is 1. The molecule has 0 radical (unpaired) electrons. The molecule has 2 aromatic rings. The molecule has 0 saturated carbocycles. The maximum atomic E-state index is 4.34. The molecule has 3 nitrogen and oxygen atoms in total. The van der Waals surface area contributed by atoms with E-state index in [4.69, 9.17) is 0 Å². The van der Waals surface area contributed by atoms with Crippen LogP contribution < -0.4 is 5.32 Å². The normalized spacial score (nSPS) is 12.9. The average Bonchev–Trinajstić information content (AvgIpc) is 2.90. The van der Waals surface area contributed by atoms with E-state index in [0.717, 1.165) is 12.2 Å². The van der Waals surface area contributed by atoms with Crippen LogP contribution >= 0.6 is 11.7 Å². The van der Waals surface area contributed by atoms with Gasteiger partial charge in [0.15, 0.2) is 0 Å². The van der Waals surface area contributed by atoms with E-state index in [0.29, 0.717) is 5.92 Å². The van der Waals surface area contributed by atoms with Crippen molar-refractivity contribution in [3.8, 4) is 0 Å².